The van der Waals surface area contributed by atoms with E-state index in [1.54, 1.807) is 0 Å². The predicted molar refractivity (Wildman–Crippen MR) is 124 cm³/mol. The molecule has 0 aromatic heterocycles. The molecule has 0 rings (SSSR count). The molecule has 1 atom stereocenters. The number of nitrogens with zero attached hydrogens (tertiary/aromatic N) is 1. The summed E-state index contributed by atoms with van der Waals surface area (Å²) in [5.74, 6) is -1.21. The summed E-state index contributed by atoms with van der Waals surface area (Å²) in [5.41, 5.74) is 0. The van der Waals surface area contributed by atoms with Crippen LogP contribution in [-0.4, -0.2) is 55.3 Å². The van der Waals surface area contributed by atoms with E-state index in [0.717, 1.165) is 32.1 Å². The van der Waals surface area contributed by atoms with E-state index >= 15 is 0 Å². The summed E-state index contributed by atoms with van der Waals surface area (Å²) in [6.45, 7) is 2.73. The number of aliphatic carboxylic acids is 1. The molecule has 0 aromatic rings. The molecule has 0 spiro atoms. The number of carboxylic acid groups (broad SMARTS) is 1. The molecule has 31 heavy (non-hydrogen) atoms. The summed E-state index contributed by atoms with van der Waals surface area (Å²) in [6, 6.07) is 0. The summed E-state index contributed by atoms with van der Waals surface area (Å²) in [6.07, 6.45) is 21.3. The van der Waals surface area contributed by atoms with Crippen molar-refractivity contribution >= 4 is 11.9 Å². The number of hydrogen-bond donors (Lipinski definition) is 1. The number of rotatable bonds is 19. The smallest absolute Gasteiger partial charge is 0.307 e. The summed E-state index contributed by atoms with van der Waals surface area (Å²) >= 11 is 0. The molecule has 0 fully saturated rings. The number of ether oxygens (including phenoxy) is 1. The van der Waals surface area contributed by atoms with Crippen molar-refractivity contribution in [3.63, 3.8) is 0 Å². The van der Waals surface area contributed by atoms with Gasteiger partial charge >= 0.3 is 11.9 Å². The van der Waals surface area contributed by atoms with Gasteiger partial charge in [0, 0.05) is 6.42 Å². The number of carboxylic acids is 1. The van der Waals surface area contributed by atoms with Gasteiger partial charge in [0.2, 0.25) is 0 Å². The van der Waals surface area contributed by atoms with Crippen LogP contribution in [0.1, 0.15) is 90.4 Å². The third kappa shape index (κ3) is 24.8. The zero-order valence-corrected chi connectivity index (χ0v) is 21.0. The second-order valence-electron chi connectivity index (χ2n) is 9.16. The van der Waals surface area contributed by atoms with Gasteiger partial charge in [-0.05, 0) is 38.5 Å². The van der Waals surface area contributed by atoms with Crippen LogP contribution in [0.2, 0.25) is 0 Å². The first-order chi connectivity index (χ1) is 14.2. The number of hydrogen-bond acceptors (Lipinski definition) is 3. The Balaban J connectivity index is 0. The number of carbonyl (C=O) groups is 2. The largest absolute Gasteiger partial charge is 1.00 e. The van der Waals surface area contributed by atoms with E-state index in [0.29, 0.717) is 17.4 Å². The number of unbranched alkanes of at least 4 members (excludes halogenated alkanes) is 8. The van der Waals surface area contributed by atoms with E-state index in [1.807, 2.05) is 21.1 Å². The number of carbonyl (C=O) groups excluding carboxylic acids is 1. The van der Waals surface area contributed by atoms with E-state index in [4.69, 9.17) is 9.84 Å². The molecule has 1 N–H and O–H groups in total. The van der Waals surface area contributed by atoms with Gasteiger partial charge in [0.05, 0.1) is 27.6 Å². The van der Waals surface area contributed by atoms with Crippen molar-refractivity contribution in [1.29, 1.82) is 0 Å². The SMILES string of the molecule is CCCCC/C=C/C/C=C/CCCCCCCC(=O)O[C@H](CC(=O)O)C[N+](C)(C)C.[Cl-]. The fourth-order valence-electron chi connectivity index (χ4n) is 3.27. The standard InChI is InChI=1S/C25H45NO4.ClH/c1-5-6-7-8-9-10-11-12-13-14-15-16-17-18-19-20-25(29)30-23(21-24(27)28)22-26(2,3)4;/h9-10,12-13,23H,5-8,11,14-22H2,1-4H3;1H/b10-9+,13-12+;/t23-;/m1./s1. The van der Waals surface area contributed by atoms with Crippen molar-refractivity contribution in [2.24, 2.45) is 0 Å². The van der Waals surface area contributed by atoms with Crippen LogP contribution in [0.5, 0.6) is 0 Å². The molecular formula is C25H46ClNO4. The Kier molecular flexibility index (Phi) is 21.1. The average molecular weight is 460 g/mol. The van der Waals surface area contributed by atoms with Crippen molar-refractivity contribution in [2.45, 2.75) is 96.5 Å². The van der Waals surface area contributed by atoms with Crippen LogP contribution in [0.15, 0.2) is 24.3 Å². The Morgan fingerprint density at radius 1 is 0.871 bits per heavy atom. The summed E-state index contributed by atoms with van der Waals surface area (Å²) in [5, 5.41) is 9.00. The molecule has 0 heterocycles. The van der Waals surface area contributed by atoms with Gasteiger partial charge in [0.15, 0.2) is 6.10 Å². The molecule has 5 nitrogen and oxygen atoms in total. The molecule has 6 heteroatoms. The highest BCUT2D eigenvalue weighted by molar-refractivity contribution is 5.71. The Bertz CT molecular complexity index is 512. The quantitative estimate of drug-likeness (QED) is 0.140. The first-order valence-corrected chi connectivity index (χ1v) is 11.8. The molecule has 0 saturated carbocycles. The maximum Gasteiger partial charge on any atom is 0.307 e. The van der Waals surface area contributed by atoms with Crippen molar-refractivity contribution in [2.75, 3.05) is 27.7 Å². The Labute approximate surface area is 196 Å². The zero-order chi connectivity index (χ0) is 22.7. The lowest BCUT2D eigenvalue weighted by molar-refractivity contribution is -0.873. The lowest BCUT2D eigenvalue weighted by Gasteiger charge is -2.28. The second-order valence-corrected chi connectivity index (χ2v) is 9.16. The average Bonchev–Trinajstić information content (AvgIpc) is 2.63. The molecule has 0 aliphatic carbocycles. The Morgan fingerprint density at radius 2 is 1.42 bits per heavy atom. The maximum atomic E-state index is 12.0. The highest BCUT2D eigenvalue weighted by Crippen LogP contribution is 2.11. The van der Waals surface area contributed by atoms with Gasteiger partial charge in [0.25, 0.3) is 0 Å². The number of likely N-dealkylation sites (N-methyl/N-ethyl adjacent to an activating group) is 1. The number of esters is 1. The number of quaternary nitrogens is 1. The summed E-state index contributed by atoms with van der Waals surface area (Å²) < 4.78 is 5.97. The van der Waals surface area contributed by atoms with Crippen LogP contribution in [-0.2, 0) is 14.3 Å². The number of halogens is 1. The molecule has 0 unspecified atom stereocenters. The van der Waals surface area contributed by atoms with Crippen LogP contribution in [0.4, 0.5) is 0 Å². The third-order valence-electron chi connectivity index (χ3n) is 4.78. The normalized spacial score (nSPS) is 12.8. The van der Waals surface area contributed by atoms with Gasteiger partial charge in [-0.15, -0.1) is 0 Å². The van der Waals surface area contributed by atoms with Crippen molar-refractivity contribution in [3.05, 3.63) is 24.3 Å². The Hall–Kier alpha value is -1.33. The van der Waals surface area contributed by atoms with Gasteiger partial charge in [-0.1, -0.05) is 63.3 Å². The fourth-order valence-corrected chi connectivity index (χ4v) is 3.27. The van der Waals surface area contributed by atoms with E-state index < -0.39 is 12.1 Å². The van der Waals surface area contributed by atoms with E-state index in [-0.39, 0.29) is 24.8 Å². The van der Waals surface area contributed by atoms with Crippen LogP contribution >= 0.6 is 0 Å². The van der Waals surface area contributed by atoms with Gasteiger partial charge in [-0.2, -0.15) is 0 Å². The minimum Gasteiger partial charge on any atom is -1.00 e. The number of allylic oxidation sites excluding steroid dienone is 4. The molecule has 0 radical (unpaired) electrons. The molecule has 0 saturated heterocycles. The minimum absolute atomic E-state index is 0. The molecule has 0 aromatic carbocycles. The van der Waals surface area contributed by atoms with Crippen LogP contribution in [0.3, 0.4) is 0 Å². The highest BCUT2D eigenvalue weighted by atomic mass is 35.5. The van der Waals surface area contributed by atoms with Crippen molar-refractivity contribution < 1.29 is 36.3 Å². The summed E-state index contributed by atoms with van der Waals surface area (Å²) in [4.78, 5) is 23.0. The van der Waals surface area contributed by atoms with Gasteiger partial charge in [-0.25, -0.2) is 0 Å². The summed E-state index contributed by atoms with van der Waals surface area (Å²) in [7, 11) is 5.88. The highest BCUT2D eigenvalue weighted by Gasteiger charge is 2.24. The minimum atomic E-state index is -0.932. The molecular weight excluding hydrogens is 414 g/mol. The van der Waals surface area contributed by atoms with Crippen molar-refractivity contribution in [3.8, 4) is 0 Å². The second kappa shape index (κ2) is 20.6. The van der Waals surface area contributed by atoms with Crippen LogP contribution in [0, 0.1) is 0 Å². The predicted octanol–water partition coefficient (Wildman–Crippen LogP) is 2.90. The molecule has 182 valence electrons. The molecule has 0 aliphatic rings. The lowest BCUT2D eigenvalue weighted by Crippen LogP contribution is -3.00. The fraction of sp³-hybridized carbons (Fsp3) is 0.760. The van der Waals surface area contributed by atoms with E-state index in [2.05, 4.69) is 31.2 Å². The van der Waals surface area contributed by atoms with Gasteiger partial charge < -0.3 is 26.7 Å². The topological polar surface area (TPSA) is 63.6 Å². The van der Waals surface area contributed by atoms with Crippen LogP contribution in [0.25, 0.3) is 0 Å². The first-order valence-electron chi connectivity index (χ1n) is 11.8. The van der Waals surface area contributed by atoms with E-state index in [1.165, 1.54) is 38.5 Å². The first kappa shape index (κ1) is 31.9. The maximum absolute atomic E-state index is 12.0. The molecule has 0 amide bonds. The van der Waals surface area contributed by atoms with Crippen LogP contribution < -0.4 is 12.4 Å². The van der Waals surface area contributed by atoms with Gasteiger partial charge in [0.1, 0.15) is 6.54 Å². The lowest BCUT2D eigenvalue weighted by atomic mass is 10.1. The monoisotopic (exact) mass is 459 g/mol. The molecule has 0 aliphatic heterocycles. The zero-order valence-electron chi connectivity index (χ0n) is 20.3. The third-order valence-corrected chi connectivity index (χ3v) is 4.78. The van der Waals surface area contributed by atoms with E-state index in [9.17, 15) is 9.59 Å². The Morgan fingerprint density at radius 3 is 1.97 bits per heavy atom. The van der Waals surface area contributed by atoms with Gasteiger partial charge in [-0.3, -0.25) is 9.59 Å². The van der Waals surface area contributed by atoms with Crippen molar-refractivity contribution in [1.82, 2.24) is 0 Å². The molecule has 0 bridgehead atoms.